The predicted octanol–water partition coefficient (Wildman–Crippen LogP) is 4.89. The van der Waals surface area contributed by atoms with Crippen LogP contribution >= 0.6 is 0 Å². The number of ether oxygens (including phenoxy) is 2. The molecule has 4 rings (SSSR count). The van der Waals surface area contributed by atoms with Gasteiger partial charge in [-0.3, -0.25) is 4.79 Å². The van der Waals surface area contributed by atoms with Gasteiger partial charge in [-0.05, 0) is 54.8 Å². The van der Waals surface area contributed by atoms with Gasteiger partial charge in [0.2, 0.25) is 5.91 Å². The molecular formula is C25H27F3N2O3. The summed E-state index contributed by atoms with van der Waals surface area (Å²) in [6.45, 7) is 0.941. The van der Waals surface area contributed by atoms with Gasteiger partial charge in [-0.15, -0.1) is 0 Å². The van der Waals surface area contributed by atoms with Crippen LogP contribution in [-0.4, -0.2) is 44.5 Å². The van der Waals surface area contributed by atoms with Crippen molar-refractivity contribution >= 4 is 17.2 Å². The molecule has 1 saturated heterocycles. The molecule has 2 unspecified atom stereocenters. The molecule has 2 aromatic rings. The van der Waals surface area contributed by atoms with Gasteiger partial charge in [-0.25, -0.2) is 0 Å². The van der Waals surface area contributed by atoms with Gasteiger partial charge < -0.3 is 19.7 Å². The average Bonchev–Trinajstić information content (AvgIpc) is 3.21. The Morgan fingerprint density at radius 1 is 1.24 bits per heavy atom. The fourth-order valence-electron chi connectivity index (χ4n) is 4.71. The summed E-state index contributed by atoms with van der Waals surface area (Å²) < 4.78 is 51.1. The van der Waals surface area contributed by atoms with Gasteiger partial charge in [-0.1, -0.05) is 30.3 Å². The van der Waals surface area contributed by atoms with Crippen LogP contribution in [0.2, 0.25) is 0 Å². The zero-order valence-corrected chi connectivity index (χ0v) is 18.6. The van der Waals surface area contributed by atoms with Crippen molar-refractivity contribution in [2.45, 2.75) is 37.6 Å². The standard InChI is InChI=1S/C25H27F3N2O3/c1-17(31)30(16-25(26,27)28)20-9-10-22(32-2)21(13-20)19-14-24(33-15-19)11-6-12-29-23(24)18-7-4-3-5-8-18/h3-5,7-10,13-14,23,29H,6,11-12,15-16H2,1-2H3. The first-order valence-electron chi connectivity index (χ1n) is 10.9. The summed E-state index contributed by atoms with van der Waals surface area (Å²) in [5, 5.41) is 3.56. The number of carbonyl (C=O) groups excluding carboxylic acids is 1. The number of carbonyl (C=O) groups is 1. The van der Waals surface area contributed by atoms with Crippen LogP contribution in [0.25, 0.3) is 5.57 Å². The predicted molar refractivity (Wildman–Crippen MR) is 120 cm³/mol. The Morgan fingerprint density at radius 2 is 2.00 bits per heavy atom. The Labute approximate surface area is 191 Å². The number of alkyl halides is 3. The van der Waals surface area contributed by atoms with Crippen molar-refractivity contribution in [3.05, 3.63) is 65.7 Å². The number of methoxy groups -OCH3 is 1. The smallest absolute Gasteiger partial charge is 0.406 e. The Balaban J connectivity index is 1.73. The van der Waals surface area contributed by atoms with E-state index in [1.54, 1.807) is 12.1 Å². The number of nitrogens with one attached hydrogen (secondary N) is 1. The maximum Gasteiger partial charge on any atom is 0.406 e. The lowest BCUT2D eigenvalue weighted by Crippen LogP contribution is -2.47. The largest absolute Gasteiger partial charge is 0.496 e. The van der Waals surface area contributed by atoms with Gasteiger partial charge >= 0.3 is 6.18 Å². The van der Waals surface area contributed by atoms with Crippen molar-refractivity contribution in [2.24, 2.45) is 0 Å². The number of hydrogen-bond donors (Lipinski definition) is 1. The van der Waals surface area contributed by atoms with E-state index in [9.17, 15) is 18.0 Å². The van der Waals surface area contributed by atoms with Crippen molar-refractivity contribution in [1.29, 1.82) is 0 Å². The number of rotatable bonds is 5. The second-order valence-corrected chi connectivity index (χ2v) is 8.42. The summed E-state index contributed by atoms with van der Waals surface area (Å²) in [6, 6.07) is 14.7. The molecule has 33 heavy (non-hydrogen) atoms. The van der Waals surface area contributed by atoms with Crippen LogP contribution in [0, 0.1) is 0 Å². The maximum absolute atomic E-state index is 13.1. The van der Waals surface area contributed by atoms with Gasteiger partial charge in [0.05, 0.1) is 19.8 Å². The Hall–Kier alpha value is -2.84. The SMILES string of the molecule is COc1ccc(N(CC(F)(F)F)C(C)=O)cc1C1=CC2(CCCNC2c2ccccc2)OC1. The number of amides is 1. The highest BCUT2D eigenvalue weighted by Gasteiger charge is 2.44. The van der Waals surface area contributed by atoms with E-state index in [0.29, 0.717) is 17.9 Å². The second kappa shape index (κ2) is 9.19. The number of benzene rings is 2. The van der Waals surface area contributed by atoms with E-state index in [4.69, 9.17) is 9.47 Å². The second-order valence-electron chi connectivity index (χ2n) is 8.42. The van der Waals surface area contributed by atoms with E-state index < -0.39 is 24.2 Å². The molecule has 0 aliphatic carbocycles. The van der Waals surface area contributed by atoms with Crippen LogP contribution in [0.5, 0.6) is 5.75 Å². The van der Waals surface area contributed by atoms with Crippen LogP contribution in [0.4, 0.5) is 18.9 Å². The average molecular weight is 460 g/mol. The van der Waals surface area contributed by atoms with Crippen molar-refractivity contribution in [3.63, 3.8) is 0 Å². The molecule has 2 aliphatic rings. The molecule has 0 aromatic heterocycles. The highest BCUT2D eigenvalue weighted by molar-refractivity contribution is 5.92. The molecule has 1 N–H and O–H groups in total. The molecule has 0 bridgehead atoms. The molecule has 2 aliphatic heterocycles. The Morgan fingerprint density at radius 3 is 2.67 bits per heavy atom. The molecular weight excluding hydrogens is 433 g/mol. The number of halogens is 3. The van der Waals surface area contributed by atoms with Gasteiger partial charge in [0.25, 0.3) is 0 Å². The minimum absolute atomic E-state index is 0.0434. The van der Waals surface area contributed by atoms with Gasteiger partial charge in [0, 0.05) is 18.2 Å². The zero-order valence-electron chi connectivity index (χ0n) is 18.6. The number of anilines is 1. The monoisotopic (exact) mass is 460 g/mol. The highest BCUT2D eigenvalue weighted by atomic mass is 19.4. The molecule has 8 heteroatoms. The summed E-state index contributed by atoms with van der Waals surface area (Å²) in [5.41, 5.74) is 2.16. The fourth-order valence-corrected chi connectivity index (χ4v) is 4.71. The van der Waals surface area contributed by atoms with Crippen molar-refractivity contribution < 1.29 is 27.4 Å². The lowest BCUT2D eigenvalue weighted by Gasteiger charge is -2.40. The normalized spacial score (nSPS) is 22.8. The van der Waals surface area contributed by atoms with Crippen molar-refractivity contribution in [2.75, 3.05) is 31.7 Å². The number of nitrogens with zero attached hydrogens (tertiary/aromatic N) is 1. The van der Waals surface area contributed by atoms with E-state index in [-0.39, 0.29) is 11.7 Å². The van der Waals surface area contributed by atoms with E-state index in [2.05, 4.69) is 23.5 Å². The van der Waals surface area contributed by atoms with Gasteiger partial charge in [-0.2, -0.15) is 13.2 Å². The van der Waals surface area contributed by atoms with Gasteiger partial charge in [0.15, 0.2) is 0 Å². The number of hydrogen-bond acceptors (Lipinski definition) is 4. The minimum Gasteiger partial charge on any atom is -0.496 e. The molecule has 2 aromatic carbocycles. The first-order chi connectivity index (χ1) is 15.7. The third-order valence-electron chi connectivity index (χ3n) is 6.19. The molecule has 1 amide bonds. The summed E-state index contributed by atoms with van der Waals surface area (Å²) in [6.07, 6.45) is -0.685. The first kappa shape index (κ1) is 23.3. The number of piperidine rings is 1. The summed E-state index contributed by atoms with van der Waals surface area (Å²) >= 11 is 0. The Bertz CT molecular complexity index is 1040. The van der Waals surface area contributed by atoms with E-state index >= 15 is 0 Å². The van der Waals surface area contributed by atoms with Crippen LogP contribution in [0.15, 0.2) is 54.6 Å². The van der Waals surface area contributed by atoms with E-state index in [1.807, 2.05) is 18.2 Å². The Kier molecular flexibility index (Phi) is 6.50. The molecule has 5 nitrogen and oxygen atoms in total. The quantitative estimate of drug-likeness (QED) is 0.691. The summed E-state index contributed by atoms with van der Waals surface area (Å²) in [4.78, 5) is 12.7. The van der Waals surface area contributed by atoms with Crippen LogP contribution < -0.4 is 15.0 Å². The lowest BCUT2D eigenvalue weighted by molar-refractivity contribution is -0.131. The van der Waals surface area contributed by atoms with E-state index in [1.165, 1.54) is 13.2 Å². The topological polar surface area (TPSA) is 50.8 Å². The molecule has 176 valence electrons. The first-order valence-corrected chi connectivity index (χ1v) is 10.9. The third-order valence-corrected chi connectivity index (χ3v) is 6.19. The van der Waals surface area contributed by atoms with Crippen molar-refractivity contribution in [3.8, 4) is 5.75 Å². The maximum atomic E-state index is 13.1. The molecule has 2 atom stereocenters. The molecule has 2 heterocycles. The van der Waals surface area contributed by atoms with Crippen molar-refractivity contribution in [1.82, 2.24) is 5.32 Å². The van der Waals surface area contributed by atoms with Crippen LogP contribution in [0.3, 0.4) is 0 Å². The van der Waals surface area contributed by atoms with Gasteiger partial charge in [0.1, 0.15) is 17.9 Å². The lowest BCUT2D eigenvalue weighted by atomic mass is 9.81. The summed E-state index contributed by atoms with van der Waals surface area (Å²) in [5.74, 6) is -0.168. The fraction of sp³-hybridized carbons (Fsp3) is 0.400. The van der Waals surface area contributed by atoms with Crippen LogP contribution in [0.1, 0.15) is 36.9 Å². The zero-order chi connectivity index (χ0) is 23.6. The molecule has 0 saturated carbocycles. The minimum atomic E-state index is -4.51. The van der Waals surface area contributed by atoms with E-state index in [0.717, 1.165) is 42.3 Å². The molecule has 1 fully saturated rings. The van der Waals surface area contributed by atoms with Crippen LogP contribution in [-0.2, 0) is 9.53 Å². The summed E-state index contributed by atoms with van der Waals surface area (Å²) in [7, 11) is 1.51. The highest BCUT2D eigenvalue weighted by Crippen LogP contribution is 2.45. The third kappa shape index (κ3) is 4.91. The molecule has 0 radical (unpaired) electrons. The molecule has 1 spiro atoms.